The fourth-order valence-corrected chi connectivity index (χ4v) is 2.40. The molecule has 122 valence electrons. The van der Waals surface area contributed by atoms with Crippen molar-refractivity contribution in [2.24, 2.45) is 0 Å². The molecule has 0 saturated carbocycles. The van der Waals surface area contributed by atoms with Crippen molar-refractivity contribution in [1.82, 2.24) is 15.1 Å². The van der Waals surface area contributed by atoms with Gasteiger partial charge in [-0.05, 0) is 44.1 Å². The molecule has 1 aromatic carbocycles. The van der Waals surface area contributed by atoms with Crippen LogP contribution in [0.3, 0.4) is 0 Å². The fourth-order valence-electron chi connectivity index (χ4n) is 2.40. The summed E-state index contributed by atoms with van der Waals surface area (Å²) >= 11 is 0. The standard InChI is InChI=1S/C16H20FN5O/c1-22(10-15(23)11-4-6-12(17)7-5-11)8-2-3-14-13(9-18)16(19)21-20-14/h4-7,15,23H,2-3,8,10H2,1H3,(H3,19,20,21). The fraction of sp³-hybridized carbons (Fsp3) is 0.375. The summed E-state index contributed by atoms with van der Waals surface area (Å²) in [6.45, 7) is 1.18. The topological polar surface area (TPSA) is 102 Å². The van der Waals surface area contributed by atoms with Crippen molar-refractivity contribution >= 4 is 5.82 Å². The Kier molecular flexibility index (Phi) is 5.68. The molecule has 0 amide bonds. The van der Waals surface area contributed by atoms with E-state index < -0.39 is 6.10 Å². The van der Waals surface area contributed by atoms with Crippen molar-refractivity contribution < 1.29 is 9.50 Å². The maximum Gasteiger partial charge on any atom is 0.163 e. The summed E-state index contributed by atoms with van der Waals surface area (Å²) in [7, 11) is 1.90. The summed E-state index contributed by atoms with van der Waals surface area (Å²) in [5.74, 6) is -0.0935. The van der Waals surface area contributed by atoms with Gasteiger partial charge in [-0.25, -0.2) is 4.39 Å². The van der Waals surface area contributed by atoms with Crippen molar-refractivity contribution in [3.05, 3.63) is 46.9 Å². The maximum absolute atomic E-state index is 12.9. The molecule has 0 fully saturated rings. The van der Waals surface area contributed by atoms with Gasteiger partial charge in [0.05, 0.1) is 11.8 Å². The molecule has 6 nitrogen and oxygen atoms in total. The van der Waals surface area contributed by atoms with E-state index in [1.165, 1.54) is 12.1 Å². The number of aliphatic hydroxyl groups excluding tert-OH is 1. The van der Waals surface area contributed by atoms with Gasteiger partial charge in [-0.1, -0.05) is 12.1 Å². The number of nitrogen functional groups attached to an aromatic ring is 1. The van der Waals surface area contributed by atoms with E-state index in [1.54, 1.807) is 12.1 Å². The van der Waals surface area contributed by atoms with Crippen LogP contribution in [0.2, 0.25) is 0 Å². The lowest BCUT2D eigenvalue weighted by atomic mass is 10.1. The van der Waals surface area contributed by atoms with Gasteiger partial charge in [0.2, 0.25) is 0 Å². The minimum absolute atomic E-state index is 0.225. The van der Waals surface area contributed by atoms with Crippen LogP contribution in [0.5, 0.6) is 0 Å². The van der Waals surface area contributed by atoms with Gasteiger partial charge in [-0.15, -0.1) is 0 Å². The number of benzene rings is 1. The molecule has 0 aliphatic rings. The average Bonchev–Trinajstić information content (AvgIpc) is 2.88. The van der Waals surface area contributed by atoms with Crippen LogP contribution in [0, 0.1) is 17.1 Å². The van der Waals surface area contributed by atoms with Crippen molar-refractivity contribution in [2.45, 2.75) is 18.9 Å². The highest BCUT2D eigenvalue weighted by atomic mass is 19.1. The normalized spacial score (nSPS) is 12.3. The predicted molar refractivity (Wildman–Crippen MR) is 84.9 cm³/mol. The van der Waals surface area contributed by atoms with Crippen LogP contribution in [0.4, 0.5) is 10.2 Å². The summed E-state index contributed by atoms with van der Waals surface area (Å²) in [6, 6.07) is 7.88. The van der Waals surface area contributed by atoms with Gasteiger partial charge >= 0.3 is 0 Å². The molecule has 4 N–H and O–H groups in total. The van der Waals surface area contributed by atoms with Gasteiger partial charge in [0, 0.05) is 6.54 Å². The van der Waals surface area contributed by atoms with Crippen LogP contribution in [0.25, 0.3) is 0 Å². The van der Waals surface area contributed by atoms with E-state index in [0.29, 0.717) is 24.1 Å². The van der Waals surface area contributed by atoms with Crippen LogP contribution in [-0.4, -0.2) is 40.3 Å². The van der Waals surface area contributed by atoms with Gasteiger partial charge in [0.1, 0.15) is 17.4 Å². The van der Waals surface area contributed by atoms with Crippen molar-refractivity contribution in [3.63, 3.8) is 0 Å². The molecule has 2 rings (SSSR count). The first-order chi connectivity index (χ1) is 11.0. The number of aryl methyl sites for hydroxylation is 1. The maximum atomic E-state index is 12.9. The first-order valence-corrected chi connectivity index (χ1v) is 7.36. The third kappa shape index (κ3) is 4.52. The van der Waals surface area contributed by atoms with Crippen molar-refractivity contribution in [1.29, 1.82) is 5.26 Å². The van der Waals surface area contributed by atoms with Gasteiger partial charge in [-0.2, -0.15) is 10.4 Å². The Morgan fingerprint density at radius 3 is 2.78 bits per heavy atom. The number of nitriles is 1. The summed E-state index contributed by atoms with van der Waals surface area (Å²) in [6.07, 6.45) is 0.783. The molecular formula is C16H20FN5O. The number of hydrogen-bond acceptors (Lipinski definition) is 5. The number of H-pyrrole nitrogens is 1. The molecule has 0 saturated heterocycles. The number of aromatic amines is 1. The van der Waals surface area contributed by atoms with Crippen molar-refractivity contribution in [3.8, 4) is 6.07 Å². The second kappa shape index (κ2) is 7.72. The smallest absolute Gasteiger partial charge is 0.163 e. The number of nitrogens with two attached hydrogens (primary N) is 1. The highest BCUT2D eigenvalue weighted by Crippen LogP contribution is 2.16. The first-order valence-electron chi connectivity index (χ1n) is 7.36. The molecule has 0 aliphatic heterocycles. The van der Waals surface area contributed by atoms with Crippen LogP contribution >= 0.6 is 0 Å². The Labute approximate surface area is 134 Å². The van der Waals surface area contributed by atoms with E-state index in [2.05, 4.69) is 10.2 Å². The van der Waals surface area contributed by atoms with Crippen LogP contribution < -0.4 is 5.73 Å². The van der Waals surface area contributed by atoms with E-state index in [9.17, 15) is 9.50 Å². The Hall–Kier alpha value is -2.43. The molecule has 0 radical (unpaired) electrons. The average molecular weight is 317 g/mol. The summed E-state index contributed by atoms with van der Waals surface area (Å²) in [4.78, 5) is 1.99. The number of aliphatic hydroxyl groups is 1. The molecule has 1 heterocycles. The number of rotatable bonds is 7. The second-order valence-electron chi connectivity index (χ2n) is 5.51. The van der Waals surface area contributed by atoms with Gasteiger partial charge in [0.15, 0.2) is 5.82 Å². The number of anilines is 1. The highest BCUT2D eigenvalue weighted by Gasteiger charge is 2.12. The summed E-state index contributed by atoms with van der Waals surface area (Å²) in [5.41, 5.74) is 7.41. The largest absolute Gasteiger partial charge is 0.387 e. The van der Waals surface area contributed by atoms with E-state index in [4.69, 9.17) is 11.0 Å². The van der Waals surface area contributed by atoms with E-state index >= 15 is 0 Å². The number of hydrogen-bond donors (Lipinski definition) is 3. The quantitative estimate of drug-likeness (QED) is 0.720. The molecule has 0 bridgehead atoms. The zero-order valence-corrected chi connectivity index (χ0v) is 13.0. The van der Waals surface area contributed by atoms with E-state index in [0.717, 1.165) is 18.7 Å². The van der Waals surface area contributed by atoms with Crippen LogP contribution in [-0.2, 0) is 6.42 Å². The Morgan fingerprint density at radius 2 is 2.13 bits per heavy atom. The third-order valence-corrected chi connectivity index (χ3v) is 3.69. The lowest BCUT2D eigenvalue weighted by Crippen LogP contribution is -2.26. The molecule has 1 aromatic heterocycles. The molecule has 2 aromatic rings. The molecule has 1 atom stereocenters. The number of likely N-dealkylation sites (N-methyl/N-ethyl adjacent to an activating group) is 1. The van der Waals surface area contributed by atoms with E-state index in [1.807, 2.05) is 18.0 Å². The van der Waals surface area contributed by atoms with Crippen molar-refractivity contribution in [2.75, 3.05) is 25.9 Å². The number of nitrogens with zero attached hydrogens (tertiary/aromatic N) is 3. The van der Waals surface area contributed by atoms with Crippen LogP contribution in [0.1, 0.15) is 29.3 Å². The lowest BCUT2D eigenvalue weighted by molar-refractivity contribution is 0.126. The van der Waals surface area contributed by atoms with Gasteiger partial charge < -0.3 is 15.7 Å². The third-order valence-electron chi connectivity index (χ3n) is 3.69. The van der Waals surface area contributed by atoms with Crippen LogP contribution in [0.15, 0.2) is 24.3 Å². The lowest BCUT2D eigenvalue weighted by Gasteiger charge is -2.20. The summed E-state index contributed by atoms with van der Waals surface area (Å²) < 4.78 is 12.9. The monoisotopic (exact) mass is 317 g/mol. The molecule has 0 aliphatic carbocycles. The predicted octanol–water partition coefficient (Wildman–Crippen LogP) is 1.60. The van der Waals surface area contributed by atoms with E-state index in [-0.39, 0.29) is 11.6 Å². The molecule has 23 heavy (non-hydrogen) atoms. The second-order valence-corrected chi connectivity index (χ2v) is 5.51. The molecular weight excluding hydrogens is 297 g/mol. The number of nitrogens with one attached hydrogen (secondary N) is 1. The highest BCUT2D eigenvalue weighted by molar-refractivity contribution is 5.50. The SMILES string of the molecule is CN(CCCc1[nH]nc(N)c1C#N)CC(O)c1ccc(F)cc1. The molecule has 7 heteroatoms. The Bertz CT molecular complexity index is 677. The minimum Gasteiger partial charge on any atom is -0.387 e. The molecule has 0 spiro atoms. The zero-order chi connectivity index (χ0) is 16.8. The first kappa shape index (κ1) is 16.9. The summed E-state index contributed by atoms with van der Waals surface area (Å²) in [5, 5.41) is 25.7. The molecule has 1 unspecified atom stereocenters. The Balaban J connectivity index is 1.79. The number of aromatic nitrogens is 2. The van der Waals surface area contributed by atoms with Gasteiger partial charge in [0.25, 0.3) is 0 Å². The van der Waals surface area contributed by atoms with Gasteiger partial charge in [-0.3, -0.25) is 5.10 Å². The zero-order valence-electron chi connectivity index (χ0n) is 13.0. The Morgan fingerprint density at radius 1 is 1.43 bits per heavy atom. The minimum atomic E-state index is -0.668. The number of halogens is 1.